The average Bonchev–Trinajstić information content (AvgIpc) is 2.80. The first-order valence-corrected chi connectivity index (χ1v) is 4.64. The minimum Gasteiger partial charge on any atom is -0.469 e. The topological polar surface area (TPSA) is 39.2 Å². The van der Waals surface area contributed by atoms with E-state index in [4.69, 9.17) is 10.2 Å². The lowest BCUT2D eigenvalue weighted by molar-refractivity contribution is 0.470. The van der Waals surface area contributed by atoms with Gasteiger partial charge in [0, 0.05) is 12.5 Å². The highest BCUT2D eigenvalue weighted by Crippen LogP contribution is 2.33. The van der Waals surface area contributed by atoms with Gasteiger partial charge in [0.2, 0.25) is 0 Å². The maximum atomic E-state index is 5.95. The highest BCUT2D eigenvalue weighted by molar-refractivity contribution is 4.99. The molecule has 1 atom stereocenters. The normalized spacial score (nSPS) is 19.4. The van der Waals surface area contributed by atoms with Crippen molar-refractivity contribution < 1.29 is 4.42 Å². The average molecular weight is 165 g/mol. The number of nitrogens with two attached hydrogens (primary N) is 1. The summed E-state index contributed by atoms with van der Waals surface area (Å²) in [5, 5.41) is 0. The molecule has 0 radical (unpaired) electrons. The van der Waals surface area contributed by atoms with Gasteiger partial charge in [-0.25, -0.2) is 0 Å². The van der Waals surface area contributed by atoms with Gasteiger partial charge in [-0.3, -0.25) is 0 Å². The molecule has 0 spiro atoms. The van der Waals surface area contributed by atoms with Crippen LogP contribution in [-0.4, -0.2) is 6.04 Å². The molecular formula is C10H15NO. The Balaban J connectivity index is 1.74. The van der Waals surface area contributed by atoms with Gasteiger partial charge >= 0.3 is 0 Å². The van der Waals surface area contributed by atoms with Crippen molar-refractivity contribution in [3.63, 3.8) is 0 Å². The SMILES string of the molecule is NC(CCc1ccco1)C1CC1. The second-order valence-corrected chi connectivity index (χ2v) is 3.62. The lowest BCUT2D eigenvalue weighted by atomic mass is 10.1. The van der Waals surface area contributed by atoms with Crippen molar-refractivity contribution in [2.75, 3.05) is 0 Å². The van der Waals surface area contributed by atoms with Crippen LogP contribution < -0.4 is 5.73 Å². The molecule has 1 aromatic rings. The number of aryl methyl sites for hydroxylation is 1. The monoisotopic (exact) mass is 165 g/mol. The first-order chi connectivity index (χ1) is 5.86. The van der Waals surface area contributed by atoms with Crippen LogP contribution in [0.5, 0.6) is 0 Å². The molecule has 0 bridgehead atoms. The summed E-state index contributed by atoms with van der Waals surface area (Å²) in [5.74, 6) is 1.87. The van der Waals surface area contributed by atoms with Gasteiger partial charge in [-0.2, -0.15) is 0 Å². The van der Waals surface area contributed by atoms with Crippen LogP contribution in [-0.2, 0) is 6.42 Å². The van der Waals surface area contributed by atoms with Crippen LogP contribution >= 0.6 is 0 Å². The van der Waals surface area contributed by atoms with Crippen molar-refractivity contribution in [1.29, 1.82) is 0 Å². The molecule has 66 valence electrons. The predicted molar refractivity (Wildman–Crippen MR) is 47.7 cm³/mol. The molecule has 12 heavy (non-hydrogen) atoms. The fourth-order valence-electron chi connectivity index (χ4n) is 1.52. The molecule has 1 aromatic heterocycles. The Kier molecular flexibility index (Phi) is 2.17. The van der Waals surface area contributed by atoms with E-state index < -0.39 is 0 Å². The van der Waals surface area contributed by atoms with Crippen LogP contribution in [0.25, 0.3) is 0 Å². The van der Waals surface area contributed by atoms with E-state index in [9.17, 15) is 0 Å². The first-order valence-electron chi connectivity index (χ1n) is 4.64. The summed E-state index contributed by atoms with van der Waals surface area (Å²) in [4.78, 5) is 0. The molecule has 2 N–H and O–H groups in total. The molecule has 1 unspecified atom stereocenters. The minimum absolute atomic E-state index is 0.398. The van der Waals surface area contributed by atoms with Crippen LogP contribution in [0.4, 0.5) is 0 Å². The van der Waals surface area contributed by atoms with Gasteiger partial charge in [-0.1, -0.05) is 0 Å². The molecule has 1 aliphatic carbocycles. The van der Waals surface area contributed by atoms with Crippen LogP contribution in [0.15, 0.2) is 22.8 Å². The molecule has 1 saturated carbocycles. The van der Waals surface area contributed by atoms with Gasteiger partial charge in [-0.15, -0.1) is 0 Å². The second kappa shape index (κ2) is 3.31. The molecule has 2 heteroatoms. The Bertz CT molecular complexity index is 226. The highest BCUT2D eigenvalue weighted by Gasteiger charge is 2.27. The maximum absolute atomic E-state index is 5.95. The Morgan fingerprint density at radius 1 is 1.58 bits per heavy atom. The Hall–Kier alpha value is -0.760. The van der Waals surface area contributed by atoms with E-state index >= 15 is 0 Å². The van der Waals surface area contributed by atoms with Crippen molar-refractivity contribution in [3.8, 4) is 0 Å². The summed E-state index contributed by atoms with van der Waals surface area (Å²) in [6.45, 7) is 0. The molecule has 1 heterocycles. The number of furan rings is 1. The van der Waals surface area contributed by atoms with Crippen molar-refractivity contribution in [2.24, 2.45) is 11.7 Å². The van der Waals surface area contributed by atoms with Crippen molar-refractivity contribution in [2.45, 2.75) is 31.7 Å². The lowest BCUT2D eigenvalue weighted by Gasteiger charge is -2.07. The summed E-state index contributed by atoms with van der Waals surface area (Å²) < 4.78 is 5.23. The molecule has 2 rings (SSSR count). The molecule has 1 fully saturated rings. The highest BCUT2D eigenvalue weighted by atomic mass is 16.3. The smallest absolute Gasteiger partial charge is 0.103 e. The van der Waals surface area contributed by atoms with Crippen LogP contribution in [0.3, 0.4) is 0 Å². The van der Waals surface area contributed by atoms with Gasteiger partial charge < -0.3 is 10.2 Å². The van der Waals surface area contributed by atoms with E-state index in [2.05, 4.69) is 0 Å². The summed E-state index contributed by atoms with van der Waals surface area (Å²) in [5.41, 5.74) is 5.95. The number of hydrogen-bond donors (Lipinski definition) is 1. The fraction of sp³-hybridized carbons (Fsp3) is 0.600. The molecule has 0 aromatic carbocycles. The van der Waals surface area contributed by atoms with E-state index in [1.807, 2.05) is 12.1 Å². The standard InChI is InChI=1S/C10H15NO/c11-10(8-3-4-8)6-5-9-2-1-7-12-9/h1-2,7-8,10H,3-6,11H2. The van der Waals surface area contributed by atoms with Gasteiger partial charge in [0.25, 0.3) is 0 Å². The fourth-order valence-corrected chi connectivity index (χ4v) is 1.52. The lowest BCUT2D eigenvalue weighted by Crippen LogP contribution is -2.22. The summed E-state index contributed by atoms with van der Waals surface area (Å²) >= 11 is 0. The van der Waals surface area contributed by atoms with Crippen LogP contribution in [0.1, 0.15) is 25.0 Å². The van der Waals surface area contributed by atoms with Gasteiger partial charge in [0.05, 0.1) is 6.26 Å². The minimum atomic E-state index is 0.398. The van der Waals surface area contributed by atoms with Gasteiger partial charge in [0.1, 0.15) is 5.76 Å². The molecule has 0 saturated heterocycles. The van der Waals surface area contributed by atoms with E-state index in [1.54, 1.807) is 6.26 Å². The number of rotatable bonds is 4. The molecule has 2 nitrogen and oxygen atoms in total. The molecule has 0 amide bonds. The van der Waals surface area contributed by atoms with Gasteiger partial charge in [0.15, 0.2) is 0 Å². The zero-order valence-electron chi connectivity index (χ0n) is 7.20. The molecular weight excluding hydrogens is 150 g/mol. The Morgan fingerprint density at radius 3 is 3.00 bits per heavy atom. The second-order valence-electron chi connectivity index (χ2n) is 3.62. The summed E-state index contributed by atoms with van der Waals surface area (Å²) in [7, 11) is 0. The van der Waals surface area contributed by atoms with Crippen LogP contribution in [0, 0.1) is 5.92 Å². The van der Waals surface area contributed by atoms with E-state index in [0.717, 1.165) is 24.5 Å². The predicted octanol–water partition coefficient (Wildman–Crippen LogP) is 1.95. The quantitative estimate of drug-likeness (QED) is 0.740. The zero-order valence-corrected chi connectivity index (χ0v) is 7.20. The third-order valence-electron chi connectivity index (χ3n) is 2.53. The largest absolute Gasteiger partial charge is 0.469 e. The molecule has 1 aliphatic rings. The van der Waals surface area contributed by atoms with Crippen LogP contribution in [0.2, 0.25) is 0 Å². The van der Waals surface area contributed by atoms with E-state index in [0.29, 0.717) is 6.04 Å². The van der Waals surface area contributed by atoms with Gasteiger partial charge in [-0.05, 0) is 37.3 Å². The summed E-state index contributed by atoms with van der Waals surface area (Å²) in [6.07, 6.45) is 6.44. The van der Waals surface area contributed by atoms with Crippen molar-refractivity contribution in [3.05, 3.63) is 24.2 Å². The Labute approximate surface area is 72.7 Å². The van der Waals surface area contributed by atoms with Crippen molar-refractivity contribution in [1.82, 2.24) is 0 Å². The zero-order chi connectivity index (χ0) is 8.39. The number of hydrogen-bond acceptors (Lipinski definition) is 2. The maximum Gasteiger partial charge on any atom is 0.103 e. The molecule has 0 aliphatic heterocycles. The Morgan fingerprint density at radius 2 is 2.42 bits per heavy atom. The third-order valence-corrected chi connectivity index (χ3v) is 2.53. The summed E-state index contributed by atoms with van der Waals surface area (Å²) in [6, 6.07) is 4.34. The first kappa shape index (κ1) is 7.87. The van der Waals surface area contributed by atoms with E-state index in [-0.39, 0.29) is 0 Å². The third kappa shape index (κ3) is 1.89. The van der Waals surface area contributed by atoms with Crippen molar-refractivity contribution >= 4 is 0 Å². The van der Waals surface area contributed by atoms with E-state index in [1.165, 1.54) is 12.8 Å².